The van der Waals surface area contributed by atoms with Gasteiger partial charge < -0.3 is 10.3 Å². The second-order valence-electron chi connectivity index (χ2n) is 3.22. The molecular weight excluding hydrogens is 260 g/mol. The summed E-state index contributed by atoms with van der Waals surface area (Å²) in [5.74, 6) is 0.449. The first kappa shape index (κ1) is 10.4. The molecule has 0 fully saturated rings. The van der Waals surface area contributed by atoms with E-state index in [0.29, 0.717) is 28.8 Å². The Morgan fingerprint density at radius 3 is 3.12 bits per heavy atom. The van der Waals surface area contributed by atoms with Crippen LogP contribution in [0.2, 0.25) is 5.15 Å². The normalized spacial score (nSPS) is 10.9. The van der Waals surface area contributed by atoms with Crippen molar-refractivity contribution in [1.29, 1.82) is 0 Å². The third kappa shape index (κ3) is 2.06. The summed E-state index contributed by atoms with van der Waals surface area (Å²) in [6.45, 7) is 0.573. The van der Waals surface area contributed by atoms with Gasteiger partial charge in [0.2, 0.25) is 5.95 Å². The van der Waals surface area contributed by atoms with E-state index in [4.69, 9.17) is 11.6 Å². The number of hydrogen-bond acceptors (Lipinski definition) is 6. The van der Waals surface area contributed by atoms with Crippen LogP contribution in [0.15, 0.2) is 17.9 Å². The van der Waals surface area contributed by atoms with Gasteiger partial charge in [-0.25, -0.2) is 9.97 Å². The Labute approximate surface area is 105 Å². The topological polar surface area (TPSA) is 79.4 Å². The standard InChI is InChI=1S/C9H7ClN6S/c10-7-6-8(14-4-13-6)16-9(15-7)12-3-5-11-1-2-17-5/h1-2,4H,3H2,(H2,12,13,14,15,16). The molecule has 3 aromatic heterocycles. The first-order valence-electron chi connectivity index (χ1n) is 4.82. The maximum atomic E-state index is 5.99. The third-order valence-electron chi connectivity index (χ3n) is 2.12. The molecule has 2 N–H and O–H groups in total. The summed E-state index contributed by atoms with van der Waals surface area (Å²) in [7, 11) is 0. The quantitative estimate of drug-likeness (QED) is 0.710. The highest BCUT2D eigenvalue weighted by Gasteiger charge is 2.07. The molecule has 17 heavy (non-hydrogen) atoms. The molecule has 86 valence electrons. The Morgan fingerprint density at radius 2 is 2.29 bits per heavy atom. The maximum Gasteiger partial charge on any atom is 0.226 e. The van der Waals surface area contributed by atoms with Crippen molar-refractivity contribution in [1.82, 2.24) is 24.9 Å². The smallest absolute Gasteiger partial charge is 0.226 e. The van der Waals surface area contributed by atoms with E-state index in [-0.39, 0.29) is 0 Å². The number of aromatic nitrogens is 5. The van der Waals surface area contributed by atoms with Crippen molar-refractivity contribution in [3.8, 4) is 0 Å². The zero-order valence-electron chi connectivity index (χ0n) is 8.51. The molecule has 0 saturated carbocycles. The van der Waals surface area contributed by atoms with Gasteiger partial charge in [0, 0.05) is 11.6 Å². The van der Waals surface area contributed by atoms with Gasteiger partial charge in [-0.3, -0.25) is 0 Å². The van der Waals surface area contributed by atoms with Crippen LogP contribution in [0.3, 0.4) is 0 Å². The van der Waals surface area contributed by atoms with Gasteiger partial charge in [-0.1, -0.05) is 11.6 Å². The number of aromatic amines is 1. The van der Waals surface area contributed by atoms with Crippen molar-refractivity contribution in [2.45, 2.75) is 6.54 Å². The molecule has 0 radical (unpaired) electrons. The summed E-state index contributed by atoms with van der Waals surface area (Å²) in [5.41, 5.74) is 1.19. The van der Waals surface area contributed by atoms with E-state index in [2.05, 4.69) is 30.2 Å². The number of nitrogens with one attached hydrogen (secondary N) is 2. The Hall–Kier alpha value is -1.73. The van der Waals surface area contributed by atoms with E-state index < -0.39 is 0 Å². The van der Waals surface area contributed by atoms with Crippen LogP contribution in [-0.4, -0.2) is 24.9 Å². The second-order valence-corrected chi connectivity index (χ2v) is 4.56. The number of nitrogens with zero attached hydrogens (tertiary/aromatic N) is 4. The molecule has 0 spiro atoms. The first-order chi connectivity index (χ1) is 8.33. The van der Waals surface area contributed by atoms with Crippen LogP contribution < -0.4 is 5.32 Å². The lowest BCUT2D eigenvalue weighted by Crippen LogP contribution is -2.03. The summed E-state index contributed by atoms with van der Waals surface area (Å²) in [6, 6.07) is 0. The van der Waals surface area contributed by atoms with Gasteiger partial charge in [-0.15, -0.1) is 11.3 Å². The van der Waals surface area contributed by atoms with Crippen LogP contribution in [-0.2, 0) is 6.54 Å². The van der Waals surface area contributed by atoms with Crippen molar-refractivity contribution in [3.05, 3.63) is 28.1 Å². The fraction of sp³-hybridized carbons (Fsp3) is 0.111. The van der Waals surface area contributed by atoms with Gasteiger partial charge in [0.15, 0.2) is 10.8 Å². The van der Waals surface area contributed by atoms with E-state index in [0.717, 1.165) is 5.01 Å². The van der Waals surface area contributed by atoms with Crippen LogP contribution in [0.25, 0.3) is 11.2 Å². The zero-order valence-corrected chi connectivity index (χ0v) is 10.1. The van der Waals surface area contributed by atoms with Crippen LogP contribution in [0.5, 0.6) is 0 Å². The van der Waals surface area contributed by atoms with Crippen molar-refractivity contribution in [3.63, 3.8) is 0 Å². The van der Waals surface area contributed by atoms with E-state index in [1.165, 1.54) is 6.33 Å². The second kappa shape index (κ2) is 4.27. The molecule has 3 rings (SSSR count). The van der Waals surface area contributed by atoms with Gasteiger partial charge in [0.25, 0.3) is 0 Å². The van der Waals surface area contributed by atoms with Crippen molar-refractivity contribution >= 4 is 40.0 Å². The number of rotatable bonds is 3. The molecule has 0 aromatic carbocycles. The van der Waals surface area contributed by atoms with E-state index >= 15 is 0 Å². The number of fused-ring (bicyclic) bond motifs is 1. The monoisotopic (exact) mass is 266 g/mol. The molecule has 0 bridgehead atoms. The minimum Gasteiger partial charge on any atom is -0.348 e. The summed E-state index contributed by atoms with van der Waals surface area (Å²) >= 11 is 7.56. The van der Waals surface area contributed by atoms with Crippen molar-refractivity contribution in [2.24, 2.45) is 0 Å². The summed E-state index contributed by atoms with van der Waals surface area (Å²) in [5, 5.41) is 6.30. The molecule has 0 aliphatic rings. The zero-order chi connectivity index (χ0) is 11.7. The van der Waals surface area contributed by atoms with Gasteiger partial charge in [0.05, 0.1) is 12.9 Å². The number of imidazole rings is 1. The molecule has 0 saturated heterocycles. The Balaban J connectivity index is 1.85. The third-order valence-corrected chi connectivity index (χ3v) is 3.18. The molecular formula is C9H7ClN6S. The SMILES string of the molecule is Clc1nc(NCc2nccs2)nc2nc[nH]c12. The molecule has 0 unspecified atom stereocenters. The van der Waals surface area contributed by atoms with Crippen molar-refractivity contribution in [2.75, 3.05) is 5.32 Å². The van der Waals surface area contributed by atoms with Crippen molar-refractivity contribution < 1.29 is 0 Å². The van der Waals surface area contributed by atoms with E-state index in [1.807, 2.05) is 5.38 Å². The van der Waals surface area contributed by atoms with Gasteiger partial charge in [-0.2, -0.15) is 9.97 Å². The lowest BCUT2D eigenvalue weighted by molar-refractivity contribution is 1.05. The molecule has 0 amide bonds. The predicted octanol–water partition coefficient (Wildman–Crippen LogP) is 2.07. The fourth-order valence-electron chi connectivity index (χ4n) is 1.37. The fourth-order valence-corrected chi connectivity index (χ4v) is 2.15. The van der Waals surface area contributed by atoms with E-state index in [1.54, 1.807) is 17.5 Å². The highest BCUT2D eigenvalue weighted by Crippen LogP contribution is 2.18. The first-order valence-corrected chi connectivity index (χ1v) is 6.07. The average Bonchev–Trinajstić information content (AvgIpc) is 2.97. The molecule has 0 aliphatic heterocycles. The molecule has 0 aliphatic carbocycles. The van der Waals surface area contributed by atoms with Crippen LogP contribution in [0.1, 0.15) is 5.01 Å². The molecule has 3 aromatic rings. The van der Waals surface area contributed by atoms with Crippen LogP contribution in [0, 0.1) is 0 Å². The largest absolute Gasteiger partial charge is 0.348 e. The minimum atomic E-state index is 0.356. The number of H-pyrrole nitrogens is 1. The van der Waals surface area contributed by atoms with Gasteiger partial charge >= 0.3 is 0 Å². The lowest BCUT2D eigenvalue weighted by Gasteiger charge is -2.02. The highest BCUT2D eigenvalue weighted by molar-refractivity contribution is 7.09. The number of anilines is 1. The Morgan fingerprint density at radius 1 is 1.35 bits per heavy atom. The molecule has 8 heteroatoms. The summed E-state index contributed by atoms with van der Waals surface area (Å²) < 4.78 is 0. The Bertz CT molecular complexity index is 634. The summed E-state index contributed by atoms with van der Waals surface area (Å²) in [6.07, 6.45) is 3.29. The molecule has 0 atom stereocenters. The van der Waals surface area contributed by atoms with Gasteiger partial charge in [0.1, 0.15) is 10.5 Å². The highest BCUT2D eigenvalue weighted by atomic mass is 35.5. The number of halogens is 1. The predicted molar refractivity (Wildman–Crippen MR) is 66.1 cm³/mol. The van der Waals surface area contributed by atoms with Gasteiger partial charge in [-0.05, 0) is 0 Å². The van der Waals surface area contributed by atoms with Crippen LogP contribution in [0.4, 0.5) is 5.95 Å². The maximum absolute atomic E-state index is 5.99. The van der Waals surface area contributed by atoms with Crippen LogP contribution >= 0.6 is 22.9 Å². The molecule has 3 heterocycles. The lowest BCUT2D eigenvalue weighted by atomic mass is 10.5. The van der Waals surface area contributed by atoms with E-state index in [9.17, 15) is 0 Å². The minimum absolute atomic E-state index is 0.356. The molecule has 6 nitrogen and oxygen atoms in total. The average molecular weight is 267 g/mol. The Kier molecular flexibility index (Phi) is 2.62. The number of hydrogen-bond donors (Lipinski definition) is 2. The number of thiazole rings is 1. The summed E-state index contributed by atoms with van der Waals surface area (Å²) in [4.78, 5) is 19.4.